The third kappa shape index (κ3) is 4.12. The van der Waals surface area contributed by atoms with Crippen LogP contribution in [0.1, 0.15) is 31.8 Å². The van der Waals surface area contributed by atoms with Gasteiger partial charge in [0, 0.05) is 23.1 Å². The van der Waals surface area contributed by atoms with Gasteiger partial charge in [0.15, 0.2) is 0 Å². The second-order valence-corrected chi connectivity index (χ2v) is 6.40. The molecule has 0 saturated carbocycles. The van der Waals surface area contributed by atoms with Gasteiger partial charge in [0.2, 0.25) is 0 Å². The Balaban J connectivity index is 2.03. The predicted molar refractivity (Wildman–Crippen MR) is 101 cm³/mol. The standard InChI is InChI=1S/C21H19NO7/c1-11-6-18-15(9-17(11)23)13(8-19(24)29-18)10-22-16-7-12(20(25)27-2)4-5-14(16)21(26)28-3/h4-9,22-23H,10H2,1-3H3. The van der Waals surface area contributed by atoms with Gasteiger partial charge in [-0.15, -0.1) is 5.75 Å². The van der Waals surface area contributed by atoms with Crippen molar-refractivity contribution in [2.45, 2.75) is 13.5 Å². The van der Waals surface area contributed by atoms with E-state index >= 15 is 0 Å². The zero-order valence-corrected chi connectivity index (χ0v) is 16.1. The molecule has 29 heavy (non-hydrogen) atoms. The first kappa shape index (κ1) is 20.1. The molecule has 2 aromatic carbocycles. The number of hydrogen-bond donors (Lipinski definition) is 1. The van der Waals surface area contributed by atoms with Crippen LogP contribution in [0.2, 0.25) is 0 Å². The molecule has 8 nitrogen and oxygen atoms in total. The summed E-state index contributed by atoms with van der Waals surface area (Å²) in [5.41, 5.74) is 1.77. The highest BCUT2D eigenvalue weighted by Crippen LogP contribution is 2.24. The van der Waals surface area contributed by atoms with Crippen LogP contribution in [0.3, 0.4) is 0 Å². The summed E-state index contributed by atoms with van der Waals surface area (Å²) >= 11 is 0. The van der Waals surface area contributed by atoms with Gasteiger partial charge in [-0.2, -0.15) is 0 Å². The lowest BCUT2D eigenvalue weighted by molar-refractivity contribution is -0.588. The minimum atomic E-state index is -0.567. The van der Waals surface area contributed by atoms with E-state index in [2.05, 4.69) is 0 Å². The van der Waals surface area contributed by atoms with Crippen LogP contribution < -0.4 is 16.0 Å². The molecule has 1 heterocycles. The van der Waals surface area contributed by atoms with E-state index in [-0.39, 0.29) is 23.4 Å². The van der Waals surface area contributed by atoms with Crippen LogP contribution in [0, 0.1) is 6.92 Å². The molecule has 0 aliphatic rings. The summed E-state index contributed by atoms with van der Waals surface area (Å²) in [4.78, 5) is 35.8. The second kappa shape index (κ2) is 8.15. The zero-order chi connectivity index (χ0) is 21.1. The van der Waals surface area contributed by atoms with Crippen LogP contribution in [-0.2, 0) is 16.0 Å². The molecule has 3 rings (SSSR count). The van der Waals surface area contributed by atoms with E-state index in [1.54, 1.807) is 12.2 Å². The average molecular weight is 397 g/mol. The van der Waals surface area contributed by atoms with Crippen LogP contribution in [0.15, 0.2) is 45.6 Å². The Kier molecular flexibility index (Phi) is 5.65. The fourth-order valence-corrected chi connectivity index (χ4v) is 3.02. The summed E-state index contributed by atoms with van der Waals surface area (Å²) in [7, 11) is 2.52. The lowest BCUT2D eigenvalue weighted by atomic mass is 10.1. The van der Waals surface area contributed by atoms with Gasteiger partial charge in [-0.3, -0.25) is 0 Å². The lowest BCUT2D eigenvalue weighted by Crippen LogP contribution is -2.76. The van der Waals surface area contributed by atoms with Crippen molar-refractivity contribution in [1.82, 2.24) is 0 Å². The Morgan fingerprint density at radius 1 is 1.07 bits per heavy atom. The van der Waals surface area contributed by atoms with Gasteiger partial charge in [0.05, 0.1) is 19.8 Å². The number of nitrogens with two attached hydrogens (primary N) is 1. The van der Waals surface area contributed by atoms with E-state index in [1.165, 1.54) is 50.6 Å². The molecule has 0 fully saturated rings. The molecule has 2 N–H and O–H groups in total. The Bertz CT molecular complexity index is 1160. The van der Waals surface area contributed by atoms with Crippen molar-refractivity contribution in [2.24, 2.45) is 0 Å². The monoisotopic (exact) mass is 397 g/mol. The van der Waals surface area contributed by atoms with Crippen molar-refractivity contribution in [3.8, 4) is 5.75 Å². The van der Waals surface area contributed by atoms with E-state index < -0.39 is 17.6 Å². The first-order valence-electron chi connectivity index (χ1n) is 8.72. The Morgan fingerprint density at radius 2 is 1.79 bits per heavy atom. The lowest BCUT2D eigenvalue weighted by Gasteiger charge is -2.13. The molecule has 0 spiro atoms. The smallest absolute Gasteiger partial charge is 0.343 e. The number of hydrogen-bond acceptors (Lipinski definition) is 7. The number of carbonyl (C=O) groups excluding carboxylic acids is 2. The molecule has 0 aliphatic carbocycles. The molecule has 0 amide bonds. The molecule has 0 bridgehead atoms. The summed E-state index contributed by atoms with van der Waals surface area (Å²) in [6.45, 7) is 1.86. The highest BCUT2D eigenvalue weighted by Gasteiger charge is 2.19. The second-order valence-electron chi connectivity index (χ2n) is 6.40. The number of rotatable bonds is 5. The number of esters is 2. The van der Waals surface area contributed by atoms with Crippen molar-refractivity contribution in [1.29, 1.82) is 0 Å². The first-order valence-corrected chi connectivity index (χ1v) is 8.72. The first-order chi connectivity index (χ1) is 13.8. The van der Waals surface area contributed by atoms with Gasteiger partial charge < -0.3 is 24.3 Å². The van der Waals surface area contributed by atoms with E-state index in [1.807, 2.05) is 0 Å². The molecular formula is C21H19NO7. The Labute approximate surface area is 165 Å². The molecular weight excluding hydrogens is 378 g/mol. The molecule has 0 radical (unpaired) electrons. The Morgan fingerprint density at radius 3 is 2.48 bits per heavy atom. The number of methoxy groups -OCH3 is 2. The van der Waals surface area contributed by atoms with Gasteiger partial charge in [-0.25, -0.2) is 14.4 Å². The topological polar surface area (TPSA) is 122 Å². The summed E-state index contributed by atoms with van der Waals surface area (Å²) in [5, 5.41) is 14.2. The highest BCUT2D eigenvalue weighted by molar-refractivity contribution is 5.97. The SMILES string of the molecule is COC(=O)c1ccc(C(=O)OC)c([NH2+]Cc2cc(=O)oc3cc(C)c([O-])cc23)c1. The maximum atomic E-state index is 12.1. The molecule has 0 aliphatic heterocycles. The van der Waals surface area contributed by atoms with Gasteiger partial charge in [-0.1, -0.05) is 11.6 Å². The molecule has 0 atom stereocenters. The van der Waals surface area contributed by atoms with E-state index in [4.69, 9.17) is 13.9 Å². The van der Waals surface area contributed by atoms with Gasteiger partial charge in [0.1, 0.15) is 23.4 Å². The van der Waals surface area contributed by atoms with Crippen molar-refractivity contribution in [3.05, 3.63) is 69.1 Å². The molecule has 0 unspecified atom stereocenters. The van der Waals surface area contributed by atoms with Crippen LogP contribution in [0.25, 0.3) is 11.0 Å². The molecule has 8 heteroatoms. The highest BCUT2D eigenvalue weighted by atomic mass is 16.5. The largest absolute Gasteiger partial charge is 0.872 e. The van der Waals surface area contributed by atoms with E-state index in [0.29, 0.717) is 27.8 Å². The van der Waals surface area contributed by atoms with E-state index in [9.17, 15) is 19.5 Å². The summed E-state index contributed by atoms with van der Waals surface area (Å²) in [6.07, 6.45) is 0. The average Bonchev–Trinajstić information content (AvgIpc) is 2.71. The number of aryl methyl sites for hydroxylation is 1. The fraction of sp³-hybridized carbons (Fsp3) is 0.190. The third-order valence-electron chi connectivity index (χ3n) is 4.55. The quantitative estimate of drug-likeness (QED) is 0.389. The van der Waals surface area contributed by atoms with Crippen molar-refractivity contribution >= 4 is 28.6 Å². The predicted octanol–water partition coefficient (Wildman–Crippen LogP) is 1.14. The number of carbonyl (C=O) groups is 2. The third-order valence-corrected chi connectivity index (χ3v) is 4.55. The molecule has 1 aromatic heterocycles. The minimum Gasteiger partial charge on any atom is -0.872 e. The van der Waals surface area contributed by atoms with Crippen LogP contribution in [0.5, 0.6) is 5.75 Å². The van der Waals surface area contributed by atoms with Crippen LogP contribution in [0.4, 0.5) is 5.69 Å². The number of ether oxygens (including phenoxy) is 2. The van der Waals surface area contributed by atoms with Crippen LogP contribution in [-0.4, -0.2) is 26.2 Å². The van der Waals surface area contributed by atoms with Crippen molar-refractivity contribution in [2.75, 3.05) is 14.2 Å². The maximum absolute atomic E-state index is 12.1. The minimum absolute atomic E-state index is 0.171. The van der Waals surface area contributed by atoms with Crippen molar-refractivity contribution in [3.63, 3.8) is 0 Å². The van der Waals surface area contributed by atoms with Gasteiger partial charge in [0.25, 0.3) is 0 Å². The molecule has 150 valence electrons. The Hall–Kier alpha value is -3.65. The van der Waals surface area contributed by atoms with E-state index in [0.717, 1.165) is 0 Å². The van der Waals surface area contributed by atoms with Crippen molar-refractivity contribution < 1.29 is 33.9 Å². The summed E-state index contributed by atoms with van der Waals surface area (Å²) in [5.74, 6) is -1.29. The zero-order valence-electron chi connectivity index (χ0n) is 16.1. The summed E-state index contributed by atoms with van der Waals surface area (Å²) < 4.78 is 14.7. The fourth-order valence-electron chi connectivity index (χ4n) is 3.02. The number of fused-ring (bicyclic) bond motifs is 1. The normalized spacial score (nSPS) is 10.7. The van der Waals surface area contributed by atoms with Gasteiger partial charge in [-0.05, 0) is 25.1 Å². The molecule has 3 aromatic rings. The maximum Gasteiger partial charge on any atom is 0.343 e. The van der Waals surface area contributed by atoms with Gasteiger partial charge >= 0.3 is 17.6 Å². The molecule has 0 saturated heterocycles. The van der Waals surface area contributed by atoms with Crippen LogP contribution >= 0.6 is 0 Å². The summed E-state index contributed by atoms with van der Waals surface area (Å²) in [6, 6.07) is 8.70. The number of benzene rings is 2. The number of quaternary nitrogens is 1.